The average Bonchev–Trinajstić information content (AvgIpc) is 2.64. The van der Waals surface area contributed by atoms with Gasteiger partial charge in [-0.25, -0.2) is 0 Å². The first-order valence-electron chi connectivity index (χ1n) is 6.88. The summed E-state index contributed by atoms with van der Waals surface area (Å²) in [6.45, 7) is 8.00. The number of carbonyl (C=O) groups excluding carboxylic acids is 1. The second-order valence-corrected chi connectivity index (χ2v) is 6.29. The zero-order valence-electron chi connectivity index (χ0n) is 13.2. The lowest BCUT2D eigenvalue weighted by atomic mass is 10.2. The molecule has 0 aliphatic rings. The van der Waals surface area contributed by atoms with Crippen molar-refractivity contribution in [3.63, 3.8) is 0 Å². The van der Waals surface area contributed by atoms with Crippen LogP contribution in [0.3, 0.4) is 0 Å². The molecule has 0 atom stereocenters. The molecule has 1 N–H and O–H groups in total. The summed E-state index contributed by atoms with van der Waals surface area (Å²) < 4.78 is 1.78. The molecule has 0 radical (unpaired) electrons. The first-order valence-corrected chi connectivity index (χ1v) is 7.87. The van der Waals surface area contributed by atoms with E-state index in [0.717, 1.165) is 22.0 Å². The summed E-state index contributed by atoms with van der Waals surface area (Å²) in [6, 6.07) is 6.28. The molecule has 4 nitrogen and oxygen atoms in total. The Morgan fingerprint density at radius 3 is 2.57 bits per heavy atom. The largest absolute Gasteiger partial charge is 0.322 e. The van der Waals surface area contributed by atoms with E-state index in [9.17, 15) is 4.79 Å². The zero-order valence-corrected chi connectivity index (χ0v) is 14.0. The van der Waals surface area contributed by atoms with Gasteiger partial charge in [-0.2, -0.15) is 5.10 Å². The molecule has 5 heteroatoms. The van der Waals surface area contributed by atoms with Crippen molar-refractivity contribution in [3.8, 4) is 0 Å². The van der Waals surface area contributed by atoms with Crippen molar-refractivity contribution >= 4 is 23.4 Å². The van der Waals surface area contributed by atoms with Gasteiger partial charge in [-0.05, 0) is 39.3 Å². The highest BCUT2D eigenvalue weighted by Gasteiger charge is 2.13. The molecule has 0 bridgehead atoms. The molecule has 0 saturated carbocycles. The van der Waals surface area contributed by atoms with Gasteiger partial charge < -0.3 is 5.32 Å². The minimum atomic E-state index is -0.000764. The number of hydrogen-bond donors (Lipinski definition) is 1. The number of aryl methyl sites for hydroxylation is 4. The third-order valence-corrected chi connectivity index (χ3v) is 4.64. The van der Waals surface area contributed by atoms with Crippen LogP contribution < -0.4 is 5.32 Å². The molecule has 0 saturated heterocycles. The third kappa shape index (κ3) is 3.67. The highest BCUT2D eigenvalue weighted by atomic mass is 32.2. The molecule has 0 fully saturated rings. The smallest absolute Gasteiger partial charge is 0.234 e. The number of nitrogens with one attached hydrogen (secondary N) is 1. The van der Waals surface area contributed by atoms with E-state index >= 15 is 0 Å². The molecule has 0 aliphatic heterocycles. The van der Waals surface area contributed by atoms with E-state index in [2.05, 4.69) is 42.5 Å². The van der Waals surface area contributed by atoms with E-state index in [4.69, 9.17) is 0 Å². The van der Waals surface area contributed by atoms with Gasteiger partial charge in [-0.15, -0.1) is 11.8 Å². The summed E-state index contributed by atoms with van der Waals surface area (Å²) in [5, 5.41) is 7.26. The molecular formula is C16H21N3OS. The topological polar surface area (TPSA) is 46.9 Å². The van der Waals surface area contributed by atoms with E-state index in [1.807, 2.05) is 20.9 Å². The Morgan fingerprint density at radius 2 is 2.00 bits per heavy atom. The maximum Gasteiger partial charge on any atom is 0.234 e. The zero-order chi connectivity index (χ0) is 15.6. The number of hydrogen-bond acceptors (Lipinski definition) is 3. The molecule has 2 aromatic rings. The van der Waals surface area contributed by atoms with Crippen LogP contribution in [-0.2, 0) is 11.8 Å². The van der Waals surface area contributed by atoms with Gasteiger partial charge in [0.2, 0.25) is 5.91 Å². The number of aromatic nitrogens is 2. The number of carbonyl (C=O) groups is 1. The van der Waals surface area contributed by atoms with Crippen LogP contribution >= 0.6 is 11.8 Å². The Kier molecular flexibility index (Phi) is 4.73. The molecule has 0 aliphatic carbocycles. The molecule has 21 heavy (non-hydrogen) atoms. The highest BCUT2D eigenvalue weighted by molar-refractivity contribution is 8.00. The molecule has 0 spiro atoms. The second kappa shape index (κ2) is 6.35. The number of amides is 1. The number of nitrogens with zero attached hydrogens (tertiary/aromatic N) is 2. The van der Waals surface area contributed by atoms with E-state index in [1.165, 1.54) is 11.1 Å². The second-order valence-electron chi connectivity index (χ2n) is 5.28. The minimum absolute atomic E-state index is 0.000764. The molecule has 1 heterocycles. The van der Waals surface area contributed by atoms with Crippen LogP contribution in [-0.4, -0.2) is 21.4 Å². The van der Waals surface area contributed by atoms with E-state index in [1.54, 1.807) is 16.4 Å². The lowest BCUT2D eigenvalue weighted by Gasteiger charge is -2.08. The fraction of sp³-hybridized carbons (Fsp3) is 0.375. The number of benzene rings is 1. The fourth-order valence-electron chi connectivity index (χ4n) is 2.23. The standard InChI is InChI=1S/C16H21N3OS/c1-10-6-7-14(11(2)8-10)21-9-15(20)17-16-12(3)18-19(5)13(16)4/h6-8H,9H2,1-5H3,(H,17,20). The Morgan fingerprint density at radius 1 is 1.29 bits per heavy atom. The molecule has 2 rings (SSSR count). The molecule has 0 unspecified atom stereocenters. The number of rotatable bonds is 4. The number of anilines is 1. The predicted octanol–water partition coefficient (Wildman–Crippen LogP) is 3.38. The van der Waals surface area contributed by atoms with Gasteiger partial charge in [0.05, 0.1) is 22.8 Å². The van der Waals surface area contributed by atoms with Crippen molar-refractivity contribution in [2.24, 2.45) is 7.05 Å². The molecule has 1 aromatic carbocycles. The first-order chi connectivity index (χ1) is 9.88. The Bertz CT molecular complexity index is 676. The van der Waals surface area contributed by atoms with Gasteiger partial charge in [0.1, 0.15) is 0 Å². The van der Waals surface area contributed by atoms with Crippen molar-refractivity contribution in [3.05, 3.63) is 40.7 Å². The maximum absolute atomic E-state index is 12.1. The Hall–Kier alpha value is -1.75. The van der Waals surface area contributed by atoms with Crippen molar-refractivity contribution in [2.75, 3.05) is 11.1 Å². The van der Waals surface area contributed by atoms with Crippen molar-refractivity contribution in [2.45, 2.75) is 32.6 Å². The quantitative estimate of drug-likeness (QED) is 0.881. The Balaban J connectivity index is 1.99. The fourth-order valence-corrected chi connectivity index (χ4v) is 3.04. The summed E-state index contributed by atoms with van der Waals surface area (Å²) in [5.41, 5.74) is 5.09. The third-order valence-electron chi connectivity index (χ3n) is 3.46. The molecule has 1 amide bonds. The van der Waals surface area contributed by atoms with E-state index in [-0.39, 0.29) is 5.91 Å². The van der Waals surface area contributed by atoms with Crippen LogP contribution in [0.5, 0.6) is 0 Å². The molecule has 112 valence electrons. The van der Waals surface area contributed by atoms with Crippen LogP contribution in [0.25, 0.3) is 0 Å². The van der Waals surface area contributed by atoms with Gasteiger partial charge >= 0.3 is 0 Å². The monoisotopic (exact) mass is 303 g/mol. The van der Waals surface area contributed by atoms with Gasteiger partial charge in [0, 0.05) is 11.9 Å². The molecule has 1 aromatic heterocycles. The van der Waals surface area contributed by atoms with Crippen LogP contribution in [0, 0.1) is 27.7 Å². The SMILES string of the molecule is Cc1ccc(SCC(=O)Nc2c(C)nn(C)c2C)c(C)c1. The van der Waals surface area contributed by atoms with Crippen molar-refractivity contribution in [1.29, 1.82) is 0 Å². The van der Waals surface area contributed by atoms with Gasteiger partial charge in [0.25, 0.3) is 0 Å². The Labute approximate surface area is 129 Å². The summed E-state index contributed by atoms with van der Waals surface area (Å²) >= 11 is 1.56. The summed E-state index contributed by atoms with van der Waals surface area (Å²) in [5.74, 6) is 0.400. The van der Waals surface area contributed by atoms with Gasteiger partial charge in [0.15, 0.2) is 0 Å². The average molecular weight is 303 g/mol. The van der Waals surface area contributed by atoms with Crippen LogP contribution in [0.4, 0.5) is 5.69 Å². The lowest BCUT2D eigenvalue weighted by Crippen LogP contribution is -2.15. The van der Waals surface area contributed by atoms with E-state index in [0.29, 0.717) is 5.75 Å². The van der Waals surface area contributed by atoms with Crippen molar-refractivity contribution in [1.82, 2.24) is 9.78 Å². The van der Waals surface area contributed by atoms with Crippen LogP contribution in [0.15, 0.2) is 23.1 Å². The number of thioether (sulfide) groups is 1. The highest BCUT2D eigenvalue weighted by Crippen LogP contribution is 2.24. The first kappa shape index (κ1) is 15.6. The molecular weight excluding hydrogens is 282 g/mol. The van der Waals surface area contributed by atoms with Crippen LogP contribution in [0.2, 0.25) is 0 Å². The minimum Gasteiger partial charge on any atom is -0.322 e. The summed E-state index contributed by atoms with van der Waals surface area (Å²) in [4.78, 5) is 13.3. The van der Waals surface area contributed by atoms with Gasteiger partial charge in [-0.1, -0.05) is 17.7 Å². The summed E-state index contributed by atoms with van der Waals surface area (Å²) in [7, 11) is 1.88. The maximum atomic E-state index is 12.1. The lowest BCUT2D eigenvalue weighted by molar-refractivity contribution is -0.113. The van der Waals surface area contributed by atoms with E-state index < -0.39 is 0 Å². The van der Waals surface area contributed by atoms with Crippen molar-refractivity contribution < 1.29 is 4.79 Å². The van der Waals surface area contributed by atoms with Crippen LogP contribution in [0.1, 0.15) is 22.5 Å². The summed E-state index contributed by atoms with van der Waals surface area (Å²) in [6.07, 6.45) is 0. The van der Waals surface area contributed by atoms with Gasteiger partial charge in [-0.3, -0.25) is 9.48 Å². The predicted molar refractivity (Wildman–Crippen MR) is 88.0 cm³/mol. The normalized spacial score (nSPS) is 10.7.